The molecule has 0 amide bonds. The maximum absolute atomic E-state index is 12.9. The molecule has 2 aliphatic heterocycles. The van der Waals surface area contributed by atoms with Crippen LogP contribution in [0.3, 0.4) is 0 Å². The minimum atomic E-state index is -4.31. The lowest BCUT2D eigenvalue weighted by Crippen LogP contribution is -2.53. The molecule has 2 saturated heterocycles. The van der Waals surface area contributed by atoms with E-state index in [2.05, 4.69) is 15.2 Å². The van der Waals surface area contributed by atoms with Crippen molar-refractivity contribution in [2.45, 2.75) is 25.1 Å². The van der Waals surface area contributed by atoms with Gasteiger partial charge in [-0.25, -0.2) is 0 Å². The minimum absolute atomic E-state index is 0. The first-order valence-electron chi connectivity index (χ1n) is 8.97. The number of aliphatic imine (C=N–C) groups is 1. The molecular weight excluding hydrogens is 472 g/mol. The Morgan fingerprint density at radius 3 is 2.59 bits per heavy atom. The molecule has 0 saturated carbocycles. The zero-order valence-electron chi connectivity index (χ0n) is 15.3. The number of ether oxygens (including phenoxy) is 1. The molecule has 1 atom stereocenters. The fourth-order valence-corrected chi connectivity index (χ4v) is 3.40. The molecule has 1 unspecified atom stereocenters. The smallest absolute Gasteiger partial charge is 0.376 e. The van der Waals surface area contributed by atoms with Crippen molar-refractivity contribution in [2.75, 3.05) is 51.3 Å². The molecular formula is C18H26F3IN4O. The molecule has 9 heteroatoms. The normalized spacial score (nSPS) is 21.2. The molecule has 0 spiro atoms. The number of nitrogens with zero attached hydrogens (tertiary/aromatic N) is 3. The summed E-state index contributed by atoms with van der Waals surface area (Å²) in [5.74, 6) is 0.823. The lowest BCUT2D eigenvalue weighted by molar-refractivity contribution is -0.137. The summed E-state index contributed by atoms with van der Waals surface area (Å²) in [6, 6.07) is 5.53. The Balaban J connectivity index is 0.00000261. The molecule has 1 aromatic rings. The Kier molecular flexibility index (Phi) is 8.02. The van der Waals surface area contributed by atoms with Crippen molar-refractivity contribution in [3.63, 3.8) is 0 Å². The summed E-state index contributed by atoms with van der Waals surface area (Å²) in [7, 11) is 1.75. The van der Waals surface area contributed by atoms with E-state index in [0.717, 1.165) is 38.0 Å². The van der Waals surface area contributed by atoms with Crippen LogP contribution >= 0.6 is 24.0 Å². The Bertz CT molecular complexity index is 627. The third-order valence-electron chi connectivity index (χ3n) is 4.84. The number of halogens is 4. The fraction of sp³-hybridized carbons (Fsp3) is 0.611. The molecule has 152 valence electrons. The van der Waals surface area contributed by atoms with Gasteiger partial charge in [-0.15, -0.1) is 24.0 Å². The number of benzene rings is 1. The van der Waals surface area contributed by atoms with Gasteiger partial charge in [0.25, 0.3) is 0 Å². The van der Waals surface area contributed by atoms with Crippen LogP contribution in [0, 0.1) is 0 Å². The largest absolute Gasteiger partial charge is 0.416 e. The van der Waals surface area contributed by atoms with E-state index >= 15 is 0 Å². The number of rotatable bonds is 3. The summed E-state index contributed by atoms with van der Waals surface area (Å²) in [5.41, 5.74) is 0.00764. The first kappa shape index (κ1) is 22.1. The van der Waals surface area contributed by atoms with Crippen LogP contribution in [0.4, 0.5) is 18.9 Å². The zero-order valence-corrected chi connectivity index (χ0v) is 17.7. The number of hydrogen-bond donors (Lipinski definition) is 1. The van der Waals surface area contributed by atoms with Crippen LogP contribution in [-0.2, 0) is 10.9 Å². The van der Waals surface area contributed by atoms with E-state index in [0.29, 0.717) is 31.9 Å². The van der Waals surface area contributed by atoms with Gasteiger partial charge in [0.05, 0.1) is 11.7 Å². The third-order valence-corrected chi connectivity index (χ3v) is 4.84. The van der Waals surface area contributed by atoms with Gasteiger partial charge in [0.2, 0.25) is 0 Å². The molecule has 0 bridgehead atoms. The van der Waals surface area contributed by atoms with Crippen LogP contribution in [0.15, 0.2) is 29.3 Å². The number of anilines is 1. The van der Waals surface area contributed by atoms with Gasteiger partial charge >= 0.3 is 6.18 Å². The van der Waals surface area contributed by atoms with Gasteiger partial charge in [-0.1, -0.05) is 6.07 Å². The van der Waals surface area contributed by atoms with Crippen LogP contribution in [0.2, 0.25) is 0 Å². The molecule has 0 aliphatic carbocycles. The Morgan fingerprint density at radius 1 is 1.26 bits per heavy atom. The van der Waals surface area contributed by atoms with Crippen LogP contribution < -0.4 is 10.2 Å². The average Bonchev–Trinajstić information content (AvgIpc) is 3.16. The van der Waals surface area contributed by atoms with Gasteiger partial charge in [0.1, 0.15) is 0 Å². The predicted octanol–water partition coefficient (Wildman–Crippen LogP) is 3.20. The molecule has 1 N–H and O–H groups in total. The number of piperazine rings is 1. The van der Waals surface area contributed by atoms with Crippen molar-refractivity contribution in [1.82, 2.24) is 10.2 Å². The lowest BCUT2D eigenvalue weighted by atomic mass is 10.1. The number of guanidine groups is 1. The highest BCUT2D eigenvalue weighted by Crippen LogP contribution is 2.31. The van der Waals surface area contributed by atoms with Crippen molar-refractivity contribution in [1.29, 1.82) is 0 Å². The van der Waals surface area contributed by atoms with Crippen molar-refractivity contribution >= 4 is 35.6 Å². The van der Waals surface area contributed by atoms with Crippen LogP contribution in [0.5, 0.6) is 0 Å². The molecule has 0 radical (unpaired) electrons. The molecule has 1 aromatic carbocycles. The highest BCUT2D eigenvalue weighted by atomic mass is 127. The summed E-state index contributed by atoms with van der Waals surface area (Å²) in [6.07, 6.45) is -1.92. The third kappa shape index (κ3) is 5.87. The molecule has 2 fully saturated rings. The first-order chi connectivity index (χ1) is 12.5. The minimum Gasteiger partial charge on any atom is -0.376 e. The Labute approximate surface area is 175 Å². The quantitative estimate of drug-likeness (QED) is 0.395. The van der Waals surface area contributed by atoms with E-state index in [1.165, 1.54) is 12.1 Å². The van der Waals surface area contributed by atoms with E-state index in [1.807, 2.05) is 4.90 Å². The summed E-state index contributed by atoms with van der Waals surface area (Å²) >= 11 is 0. The van der Waals surface area contributed by atoms with Crippen molar-refractivity contribution in [3.8, 4) is 0 Å². The van der Waals surface area contributed by atoms with E-state index in [4.69, 9.17) is 4.74 Å². The molecule has 2 aliphatic rings. The van der Waals surface area contributed by atoms with Gasteiger partial charge in [-0.2, -0.15) is 13.2 Å². The maximum atomic E-state index is 12.9. The van der Waals surface area contributed by atoms with E-state index in [1.54, 1.807) is 13.1 Å². The van der Waals surface area contributed by atoms with Crippen LogP contribution in [0.1, 0.15) is 18.4 Å². The standard InChI is InChI=1S/C18H25F3N4O.HI/c1-22-17(23-13-16-6-3-11-26-16)25-9-7-24(8-10-25)15-5-2-4-14(12-15)18(19,20)21;/h2,4-5,12,16H,3,6-11,13H2,1H3,(H,22,23);1H. The predicted molar refractivity (Wildman–Crippen MR) is 111 cm³/mol. The van der Waals surface area contributed by atoms with E-state index < -0.39 is 11.7 Å². The second-order valence-corrected chi connectivity index (χ2v) is 6.59. The zero-order chi connectivity index (χ0) is 18.6. The second kappa shape index (κ2) is 9.81. The Hall–Kier alpha value is -1.23. The van der Waals surface area contributed by atoms with E-state index in [9.17, 15) is 13.2 Å². The molecule has 2 heterocycles. The summed E-state index contributed by atoms with van der Waals surface area (Å²) in [4.78, 5) is 8.45. The van der Waals surface area contributed by atoms with E-state index in [-0.39, 0.29) is 30.1 Å². The second-order valence-electron chi connectivity index (χ2n) is 6.59. The highest BCUT2D eigenvalue weighted by molar-refractivity contribution is 14.0. The molecule has 5 nitrogen and oxygen atoms in total. The van der Waals surface area contributed by atoms with Crippen LogP contribution in [-0.4, -0.2) is 63.3 Å². The monoisotopic (exact) mass is 498 g/mol. The van der Waals surface area contributed by atoms with Gasteiger partial charge in [0.15, 0.2) is 5.96 Å². The van der Waals surface area contributed by atoms with Crippen molar-refractivity contribution < 1.29 is 17.9 Å². The van der Waals surface area contributed by atoms with Crippen molar-refractivity contribution in [3.05, 3.63) is 29.8 Å². The molecule has 3 rings (SSSR count). The fourth-order valence-electron chi connectivity index (χ4n) is 3.40. The summed E-state index contributed by atoms with van der Waals surface area (Å²) < 4.78 is 44.3. The van der Waals surface area contributed by atoms with Gasteiger partial charge in [-0.05, 0) is 31.0 Å². The molecule has 27 heavy (non-hydrogen) atoms. The highest BCUT2D eigenvalue weighted by Gasteiger charge is 2.31. The summed E-state index contributed by atoms with van der Waals surface area (Å²) in [6.45, 7) is 4.29. The van der Waals surface area contributed by atoms with Crippen molar-refractivity contribution in [2.24, 2.45) is 4.99 Å². The Morgan fingerprint density at radius 2 is 2.00 bits per heavy atom. The topological polar surface area (TPSA) is 40.1 Å². The summed E-state index contributed by atoms with van der Waals surface area (Å²) in [5, 5.41) is 3.35. The average molecular weight is 498 g/mol. The van der Waals surface area contributed by atoms with Gasteiger partial charge in [-0.3, -0.25) is 4.99 Å². The van der Waals surface area contributed by atoms with Gasteiger partial charge in [0, 0.05) is 52.1 Å². The van der Waals surface area contributed by atoms with Crippen LogP contribution in [0.25, 0.3) is 0 Å². The number of nitrogens with one attached hydrogen (secondary N) is 1. The number of hydrogen-bond acceptors (Lipinski definition) is 3. The maximum Gasteiger partial charge on any atom is 0.416 e. The van der Waals surface area contributed by atoms with Gasteiger partial charge < -0.3 is 19.9 Å². The number of alkyl halides is 3. The first-order valence-corrected chi connectivity index (χ1v) is 8.97. The SMILES string of the molecule is CN=C(NCC1CCCO1)N1CCN(c2cccc(C(F)(F)F)c2)CC1.I. The molecule has 0 aromatic heterocycles. The lowest BCUT2D eigenvalue weighted by Gasteiger charge is -2.38.